The highest BCUT2D eigenvalue weighted by Crippen LogP contribution is 2.18. The van der Waals surface area contributed by atoms with Crippen LogP contribution in [0.4, 0.5) is 5.95 Å². The summed E-state index contributed by atoms with van der Waals surface area (Å²) < 4.78 is 0. The third-order valence-electron chi connectivity index (χ3n) is 2.33. The Morgan fingerprint density at radius 2 is 2.00 bits per heavy atom. The number of anilines is 1. The molecule has 0 atom stereocenters. The molecule has 4 nitrogen and oxygen atoms in total. The van der Waals surface area contributed by atoms with Crippen LogP contribution in [0, 0.1) is 18.3 Å². The van der Waals surface area contributed by atoms with Gasteiger partial charge in [0.15, 0.2) is 0 Å². The summed E-state index contributed by atoms with van der Waals surface area (Å²) in [6.45, 7) is 2.26. The van der Waals surface area contributed by atoms with Crippen molar-refractivity contribution in [3.05, 3.63) is 42.2 Å². The van der Waals surface area contributed by atoms with Gasteiger partial charge in [-0.05, 0) is 12.5 Å². The number of aromatic nitrogens is 2. The van der Waals surface area contributed by atoms with Gasteiger partial charge in [-0.15, -0.1) is 0 Å². The number of nitriles is 1. The Hall–Kier alpha value is -2.41. The van der Waals surface area contributed by atoms with Crippen molar-refractivity contribution < 1.29 is 0 Å². The Labute approximate surface area is 100.0 Å². The molecule has 1 N–H and O–H groups in total. The van der Waals surface area contributed by atoms with E-state index in [4.69, 9.17) is 5.26 Å². The van der Waals surface area contributed by atoms with E-state index in [1.165, 1.54) is 5.56 Å². The third kappa shape index (κ3) is 2.79. The van der Waals surface area contributed by atoms with Gasteiger partial charge in [0.05, 0.1) is 6.07 Å². The summed E-state index contributed by atoms with van der Waals surface area (Å²) in [5.74, 6) is 0.475. The molecule has 0 spiro atoms. The molecular formula is C13H12N4. The lowest BCUT2D eigenvalue weighted by Crippen LogP contribution is -2.02. The average Bonchev–Trinajstić information content (AvgIpc) is 2.37. The molecule has 0 bridgehead atoms. The highest BCUT2D eigenvalue weighted by Gasteiger charge is 2.00. The van der Waals surface area contributed by atoms with Gasteiger partial charge in [0.25, 0.3) is 0 Å². The molecule has 2 rings (SSSR count). The molecule has 0 aliphatic carbocycles. The quantitative estimate of drug-likeness (QED) is 0.813. The maximum absolute atomic E-state index is 8.42. The molecule has 0 unspecified atom stereocenters. The Kier molecular flexibility index (Phi) is 3.31. The van der Waals surface area contributed by atoms with Gasteiger partial charge in [-0.1, -0.05) is 29.8 Å². The summed E-state index contributed by atoms with van der Waals surface area (Å²) in [7, 11) is 0. The van der Waals surface area contributed by atoms with Gasteiger partial charge in [0.1, 0.15) is 6.54 Å². The van der Waals surface area contributed by atoms with Crippen LogP contribution >= 0.6 is 0 Å². The Bertz CT molecular complexity index is 540. The Balaban J connectivity index is 2.21. The standard InChI is InChI=1S/C13H12N4/c1-10-3-2-4-11(7-10)12-8-16-13(17-9-12)15-6-5-14/h2-4,7-9H,6H2,1H3,(H,15,16,17). The second kappa shape index (κ2) is 5.08. The number of nitrogens with one attached hydrogen (secondary N) is 1. The maximum Gasteiger partial charge on any atom is 0.223 e. The van der Waals surface area contributed by atoms with Crippen molar-refractivity contribution in [2.24, 2.45) is 0 Å². The van der Waals surface area contributed by atoms with Crippen LogP contribution in [-0.4, -0.2) is 16.5 Å². The summed E-state index contributed by atoms with van der Waals surface area (Å²) in [6.07, 6.45) is 3.50. The van der Waals surface area contributed by atoms with Gasteiger partial charge in [-0.2, -0.15) is 5.26 Å². The van der Waals surface area contributed by atoms with Crippen molar-refractivity contribution in [3.63, 3.8) is 0 Å². The topological polar surface area (TPSA) is 61.6 Å². The van der Waals surface area contributed by atoms with Gasteiger partial charge in [-0.25, -0.2) is 9.97 Å². The van der Waals surface area contributed by atoms with Gasteiger partial charge in [-0.3, -0.25) is 0 Å². The summed E-state index contributed by atoms with van der Waals surface area (Å²) in [5, 5.41) is 11.2. The fourth-order valence-electron chi connectivity index (χ4n) is 1.51. The molecule has 0 amide bonds. The van der Waals surface area contributed by atoms with Crippen LogP contribution in [0.5, 0.6) is 0 Å². The van der Waals surface area contributed by atoms with Crippen molar-refractivity contribution in [1.82, 2.24) is 9.97 Å². The lowest BCUT2D eigenvalue weighted by atomic mass is 10.1. The molecule has 17 heavy (non-hydrogen) atoms. The van der Waals surface area contributed by atoms with Crippen molar-refractivity contribution in [2.45, 2.75) is 6.92 Å². The third-order valence-corrected chi connectivity index (χ3v) is 2.33. The molecular weight excluding hydrogens is 212 g/mol. The maximum atomic E-state index is 8.42. The van der Waals surface area contributed by atoms with E-state index in [1.54, 1.807) is 12.4 Å². The number of rotatable bonds is 3. The number of hydrogen-bond donors (Lipinski definition) is 1. The molecule has 0 saturated carbocycles. The zero-order valence-electron chi connectivity index (χ0n) is 9.51. The van der Waals surface area contributed by atoms with Gasteiger partial charge >= 0.3 is 0 Å². The zero-order valence-corrected chi connectivity index (χ0v) is 9.51. The Morgan fingerprint density at radius 1 is 1.24 bits per heavy atom. The van der Waals surface area contributed by atoms with Crippen LogP contribution in [0.3, 0.4) is 0 Å². The predicted octanol–water partition coefficient (Wildman–Crippen LogP) is 2.39. The highest BCUT2D eigenvalue weighted by molar-refractivity contribution is 5.62. The lowest BCUT2D eigenvalue weighted by molar-refractivity contribution is 1.12. The monoisotopic (exact) mass is 224 g/mol. The fraction of sp³-hybridized carbons (Fsp3) is 0.154. The van der Waals surface area contributed by atoms with E-state index in [-0.39, 0.29) is 6.54 Å². The van der Waals surface area contributed by atoms with E-state index in [2.05, 4.69) is 21.4 Å². The Morgan fingerprint density at radius 3 is 2.65 bits per heavy atom. The van der Waals surface area contributed by atoms with Crippen molar-refractivity contribution >= 4 is 5.95 Å². The van der Waals surface area contributed by atoms with Crippen molar-refractivity contribution in [3.8, 4) is 17.2 Å². The van der Waals surface area contributed by atoms with Crippen molar-refractivity contribution in [2.75, 3.05) is 11.9 Å². The molecule has 2 aromatic rings. The average molecular weight is 224 g/mol. The summed E-state index contributed by atoms with van der Waals surface area (Å²) in [5.41, 5.74) is 3.27. The van der Waals surface area contributed by atoms with Gasteiger partial charge < -0.3 is 5.32 Å². The molecule has 0 saturated heterocycles. The first-order valence-electron chi connectivity index (χ1n) is 5.29. The summed E-state index contributed by atoms with van der Waals surface area (Å²) in [6, 6.07) is 10.1. The van der Waals surface area contributed by atoms with E-state index in [0.717, 1.165) is 11.1 Å². The van der Waals surface area contributed by atoms with E-state index in [1.807, 2.05) is 31.2 Å². The minimum atomic E-state index is 0.212. The number of benzene rings is 1. The molecule has 84 valence electrons. The van der Waals surface area contributed by atoms with E-state index < -0.39 is 0 Å². The van der Waals surface area contributed by atoms with Crippen molar-refractivity contribution in [1.29, 1.82) is 5.26 Å². The lowest BCUT2D eigenvalue weighted by Gasteiger charge is -2.03. The van der Waals surface area contributed by atoms with Crippen LogP contribution in [0.25, 0.3) is 11.1 Å². The minimum absolute atomic E-state index is 0.212. The van der Waals surface area contributed by atoms with Crippen LogP contribution in [0.2, 0.25) is 0 Å². The predicted molar refractivity (Wildman–Crippen MR) is 66.3 cm³/mol. The van der Waals surface area contributed by atoms with Crippen LogP contribution < -0.4 is 5.32 Å². The normalized spacial score (nSPS) is 9.65. The second-order valence-corrected chi connectivity index (χ2v) is 3.68. The van der Waals surface area contributed by atoms with Gasteiger partial charge in [0.2, 0.25) is 5.95 Å². The van der Waals surface area contributed by atoms with Crippen LogP contribution in [0.1, 0.15) is 5.56 Å². The molecule has 1 aromatic heterocycles. The highest BCUT2D eigenvalue weighted by atomic mass is 15.1. The van der Waals surface area contributed by atoms with E-state index in [9.17, 15) is 0 Å². The minimum Gasteiger partial charge on any atom is -0.341 e. The SMILES string of the molecule is Cc1cccc(-c2cnc(NCC#N)nc2)c1. The molecule has 1 aromatic carbocycles. The first-order valence-corrected chi connectivity index (χ1v) is 5.29. The number of aryl methyl sites for hydroxylation is 1. The summed E-state index contributed by atoms with van der Waals surface area (Å²) >= 11 is 0. The molecule has 0 radical (unpaired) electrons. The molecule has 0 aliphatic rings. The molecule has 1 heterocycles. The largest absolute Gasteiger partial charge is 0.341 e. The van der Waals surface area contributed by atoms with E-state index >= 15 is 0 Å². The fourth-order valence-corrected chi connectivity index (χ4v) is 1.51. The number of nitrogens with zero attached hydrogens (tertiary/aromatic N) is 3. The summed E-state index contributed by atoms with van der Waals surface area (Å²) in [4.78, 5) is 8.30. The van der Waals surface area contributed by atoms with Crippen LogP contribution in [0.15, 0.2) is 36.7 Å². The first-order chi connectivity index (χ1) is 8.29. The molecule has 4 heteroatoms. The van der Waals surface area contributed by atoms with Gasteiger partial charge in [0, 0.05) is 18.0 Å². The number of hydrogen-bond acceptors (Lipinski definition) is 4. The van der Waals surface area contributed by atoms with Crippen LogP contribution in [-0.2, 0) is 0 Å². The van der Waals surface area contributed by atoms with E-state index in [0.29, 0.717) is 5.95 Å². The smallest absolute Gasteiger partial charge is 0.223 e. The first kappa shape index (κ1) is 11.1. The zero-order chi connectivity index (χ0) is 12.1. The second-order valence-electron chi connectivity index (χ2n) is 3.68. The molecule has 0 aliphatic heterocycles. The molecule has 0 fully saturated rings.